The van der Waals surface area contributed by atoms with Crippen LogP contribution in [0.1, 0.15) is 65.2 Å². The molecule has 0 fully saturated rings. The fourth-order valence-electron chi connectivity index (χ4n) is 1.48. The molecular formula is C12H29NO. The largest absolute Gasteiger partial charge is 0.412 e. The quantitative estimate of drug-likeness (QED) is 0.545. The van der Waals surface area contributed by atoms with Gasteiger partial charge in [0.15, 0.2) is 0 Å². The van der Waals surface area contributed by atoms with Gasteiger partial charge in [-0.05, 0) is 25.9 Å². The predicted octanol–water partition coefficient (Wildman–Crippen LogP) is 2.91. The van der Waals surface area contributed by atoms with Gasteiger partial charge < -0.3 is 10.8 Å². The van der Waals surface area contributed by atoms with Crippen LogP contribution in [0.2, 0.25) is 0 Å². The maximum Gasteiger partial charge on any atom is -0.00489 e. The molecule has 14 heavy (non-hydrogen) atoms. The lowest BCUT2D eigenvalue weighted by Gasteiger charge is -2.03. The van der Waals surface area contributed by atoms with Crippen LogP contribution in [0.3, 0.4) is 0 Å². The van der Waals surface area contributed by atoms with Gasteiger partial charge in [0, 0.05) is 0 Å². The summed E-state index contributed by atoms with van der Waals surface area (Å²) >= 11 is 0. The zero-order valence-electron chi connectivity index (χ0n) is 10.1. The summed E-state index contributed by atoms with van der Waals surface area (Å²) < 4.78 is 0. The second-order valence-electron chi connectivity index (χ2n) is 3.87. The first-order valence-electron chi connectivity index (χ1n) is 6.12. The van der Waals surface area contributed by atoms with Crippen molar-refractivity contribution in [3.8, 4) is 0 Å². The van der Waals surface area contributed by atoms with Crippen LogP contribution in [0.4, 0.5) is 0 Å². The Morgan fingerprint density at radius 3 is 1.43 bits per heavy atom. The van der Waals surface area contributed by atoms with Gasteiger partial charge in [-0.2, -0.15) is 0 Å². The van der Waals surface area contributed by atoms with E-state index in [1.54, 1.807) is 0 Å². The molecule has 0 aromatic carbocycles. The summed E-state index contributed by atoms with van der Waals surface area (Å²) in [6.45, 7) is 6.98. The summed E-state index contributed by atoms with van der Waals surface area (Å²) in [7, 11) is 0. The van der Waals surface area contributed by atoms with E-state index in [-0.39, 0.29) is 5.48 Å². The van der Waals surface area contributed by atoms with Gasteiger partial charge in [-0.25, -0.2) is 0 Å². The van der Waals surface area contributed by atoms with Crippen LogP contribution in [0, 0.1) is 0 Å². The molecular weight excluding hydrogens is 174 g/mol. The second kappa shape index (κ2) is 15.4. The Bertz CT molecular complexity index is 76.4. The van der Waals surface area contributed by atoms with Crippen molar-refractivity contribution in [3.05, 3.63) is 0 Å². The van der Waals surface area contributed by atoms with E-state index < -0.39 is 0 Å². The van der Waals surface area contributed by atoms with Gasteiger partial charge in [0.25, 0.3) is 0 Å². The molecule has 3 N–H and O–H groups in total. The monoisotopic (exact) mass is 203 g/mol. The van der Waals surface area contributed by atoms with Crippen molar-refractivity contribution < 1.29 is 5.48 Å². The molecule has 0 spiro atoms. The van der Waals surface area contributed by atoms with Crippen LogP contribution in [0.25, 0.3) is 0 Å². The predicted molar refractivity (Wildman–Crippen MR) is 64.8 cm³/mol. The standard InChI is InChI=1S/C12H27N.H2O/c1-3-5-7-9-11-13-12-10-8-6-4-2;/h13H,3-12H2,1-2H3;1H2. The minimum absolute atomic E-state index is 0. The molecule has 0 aromatic rings. The number of rotatable bonds is 10. The van der Waals surface area contributed by atoms with E-state index in [0.29, 0.717) is 0 Å². The molecule has 0 aliphatic rings. The maximum absolute atomic E-state index is 3.50. The van der Waals surface area contributed by atoms with E-state index in [1.807, 2.05) is 0 Å². The van der Waals surface area contributed by atoms with Crippen molar-refractivity contribution in [2.45, 2.75) is 65.2 Å². The molecule has 0 unspecified atom stereocenters. The molecule has 0 aliphatic heterocycles. The topological polar surface area (TPSA) is 43.5 Å². The second-order valence-corrected chi connectivity index (χ2v) is 3.87. The smallest absolute Gasteiger partial charge is 0.00489 e. The number of hydrogen-bond donors (Lipinski definition) is 1. The van der Waals surface area contributed by atoms with Crippen LogP contribution in [-0.4, -0.2) is 18.6 Å². The van der Waals surface area contributed by atoms with E-state index >= 15 is 0 Å². The molecule has 2 nitrogen and oxygen atoms in total. The highest BCUT2D eigenvalue weighted by Crippen LogP contribution is 1.98. The molecule has 0 saturated carbocycles. The van der Waals surface area contributed by atoms with Gasteiger partial charge >= 0.3 is 0 Å². The first kappa shape index (κ1) is 16.4. The van der Waals surface area contributed by atoms with Crippen molar-refractivity contribution in [1.29, 1.82) is 0 Å². The lowest BCUT2D eigenvalue weighted by molar-refractivity contribution is 0.564. The van der Waals surface area contributed by atoms with Gasteiger partial charge in [0.05, 0.1) is 0 Å². The summed E-state index contributed by atoms with van der Waals surface area (Å²) in [6.07, 6.45) is 11.0. The fourth-order valence-corrected chi connectivity index (χ4v) is 1.48. The molecule has 0 saturated heterocycles. The third-order valence-corrected chi connectivity index (χ3v) is 2.41. The summed E-state index contributed by atoms with van der Waals surface area (Å²) in [5.74, 6) is 0. The van der Waals surface area contributed by atoms with Crippen LogP contribution >= 0.6 is 0 Å². The highest BCUT2D eigenvalue weighted by Gasteiger charge is 1.89. The average molecular weight is 203 g/mol. The SMILES string of the molecule is CCCCCCNCCCCCC.O. The first-order valence-corrected chi connectivity index (χ1v) is 6.12. The molecule has 0 aromatic heterocycles. The molecule has 0 radical (unpaired) electrons. The number of unbranched alkanes of at least 4 members (excludes halogenated alkanes) is 6. The van der Waals surface area contributed by atoms with Crippen LogP contribution < -0.4 is 5.32 Å². The van der Waals surface area contributed by atoms with E-state index in [0.717, 1.165) is 0 Å². The highest BCUT2D eigenvalue weighted by atomic mass is 16.0. The Kier molecular flexibility index (Phi) is 18.0. The van der Waals surface area contributed by atoms with E-state index in [4.69, 9.17) is 0 Å². The van der Waals surface area contributed by atoms with Gasteiger partial charge in [-0.15, -0.1) is 0 Å². The van der Waals surface area contributed by atoms with Gasteiger partial charge in [0.2, 0.25) is 0 Å². The summed E-state index contributed by atoms with van der Waals surface area (Å²) in [5, 5.41) is 3.50. The lowest BCUT2D eigenvalue weighted by Crippen LogP contribution is -2.16. The van der Waals surface area contributed by atoms with Crippen molar-refractivity contribution in [2.75, 3.05) is 13.1 Å². The molecule has 0 heterocycles. The zero-order chi connectivity index (χ0) is 9.78. The first-order chi connectivity index (χ1) is 6.41. The Labute approximate surface area is 89.8 Å². The minimum atomic E-state index is 0. The number of hydrogen-bond acceptors (Lipinski definition) is 1. The number of nitrogens with one attached hydrogen (secondary N) is 1. The summed E-state index contributed by atoms with van der Waals surface area (Å²) in [6, 6.07) is 0. The average Bonchev–Trinajstić information content (AvgIpc) is 2.16. The van der Waals surface area contributed by atoms with Crippen LogP contribution in [0.5, 0.6) is 0 Å². The fraction of sp³-hybridized carbons (Fsp3) is 1.00. The lowest BCUT2D eigenvalue weighted by atomic mass is 10.2. The van der Waals surface area contributed by atoms with E-state index in [9.17, 15) is 0 Å². The molecule has 0 rings (SSSR count). The normalized spacial score (nSPS) is 9.86. The molecule has 0 bridgehead atoms. The Morgan fingerprint density at radius 1 is 0.643 bits per heavy atom. The van der Waals surface area contributed by atoms with Gasteiger partial charge in [0.1, 0.15) is 0 Å². The molecule has 0 aliphatic carbocycles. The van der Waals surface area contributed by atoms with Crippen molar-refractivity contribution in [1.82, 2.24) is 5.32 Å². The Balaban J connectivity index is 0. The van der Waals surface area contributed by atoms with E-state index in [2.05, 4.69) is 19.2 Å². The molecule has 0 amide bonds. The molecule has 0 atom stereocenters. The third kappa shape index (κ3) is 14.4. The summed E-state index contributed by atoms with van der Waals surface area (Å²) in [4.78, 5) is 0. The minimum Gasteiger partial charge on any atom is -0.412 e. The van der Waals surface area contributed by atoms with Gasteiger partial charge in [-0.1, -0.05) is 52.4 Å². The van der Waals surface area contributed by atoms with Crippen molar-refractivity contribution in [2.24, 2.45) is 0 Å². The maximum atomic E-state index is 3.50. The van der Waals surface area contributed by atoms with Crippen molar-refractivity contribution in [3.63, 3.8) is 0 Å². The Morgan fingerprint density at radius 2 is 1.07 bits per heavy atom. The third-order valence-electron chi connectivity index (χ3n) is 2.41. The van der Waals surface area contributed by atoms with Crippen LogP contribution in [0.15, 0.2) is 0 Å². The Hall–Kier alpha value is -0.0800. The highest BCUT2D eigenvalue weighted by molar-refractivity contribution is 4.49. The summed E-state index contributed by atoms with van der Waals surface area (Å²) in [5.41, 5.74) is 0. The van der Waals surface area contributed by atoms with Crippen LogP contribution in [-0.2, 0) is 0 Å². The zero-order valence-corrected chi connectivity index (χ0v) is 10.1. The molecule has 2 heteroatoms. The van der Waals surface area contributed by atoms with E-state index in [1.165, 1.54) is 64.5 Å². The van der Waals surface area contributed by atoms with Crippen molar-refractivity contribution >= 4 is 0 Å². The molecule has 88 valence electrons. The van der Waals surface area contributed by atoms with Gasteiger partial charge in [-0.3, -0.25) is 0 Å².